The van der Waals surface area contributed by atoms with Crippen molar-refractivity contribution in [1.29, 1.82) is 0 Å². The van der Waals surface area contributed by atoms with Gasteiger partial charge in [0.05, 0.1) is 12.1 Å². The maximum Gasteiger partial charge on any atom is 0.249 e. The largest absolute Gasteiger partial charge is 0.350 e. The topological polar surface area (TPSA) is 64.9 Å². The van der Waals surface area contributed by atoms with Gasteiger partial charge in [0, 0.05) is 30.8 Å². The zero-order chi connectivity index (χ0) is 13.1. The Kier molecular flexibility index (Phi) is 3.77. The Labute approximate surface area is 114 Å². The Balaban J connectivity index is 1.49. The van der Waals surface area contributed by atoms with Crippen molar-refractivity contribution in [3.05, 3.63) is 23.5 Å². The molecule has 0 saturated carbocycles. The summed E-state index contributed by atoms with van der Waals surface area (Å²) < 4.78 is 7.26. The van der Waals surface area contributed by atoms with E-state index in [9.17, 15) is 4.79 Å². The number of hydrogen-bond donors (Lipinski definition) is 1. The van der Waals surface area contributed by atoms with Gasteiger partial charge >= 0.3 is 0 Å². The predicted octanol–water partition coefficient (Wildman–Crippen LogP) is 1.51. The molecule has 7 heteroatoms. The van der Waals surface area contributed by atoms with Crippen molar-refractivity contribution in [1.82, 2.24) is 14.9 Å². The lowest BCUT2D eigenvalue weighted by Gasteiger charge is -2.21. The van der Waals surface area contributed by atoms with Crippen LogP contribution in [-0.2, 0) is 20.8 Å². The van der Waals surface area contributed by atoms with Crippen molar-refractivity contribution in [2.75, 3.05) is 6.61 Å². The number of fused-ring (bicyclic) bond motifs is 1. The summed E-state index contributed by atoms with van der Waals surface area (Å²) in [6, 6.07) is 0. The molecule has 1 aliphatic heterocycles. The summed E-state index contributed by atoms with van der Waals surface area (Å²) in [4.78, 5) is 22.2. The van der Waals surface area contributed by atoms with Crippen LogP contribution in [0.3, 0.4) is 0 Å². The predicted molar refractivity (Wildman–Crippen MR) is 69.6 cm³/mol. The monoisotopic (exact) mass is 281 g/mol. The van der Waals surface area contributed by atoms with Gasteiger partial charge in [0.1, 0.15) is 0 Å². The number of carbonyl (C=O) groups excluding carboxylic acids is 1. The average Bonchev–Trinajstić information content (AvgIpc) is 2.98. The molecule has 0 unspecified atom stereocenters. The molecule has 19 heavy (non-hydrogen) atoms. The van der Waals surface area contributed by atoms with E-state index < -0.39 is 0 Å². The lowest BCUT2D eigenvalue weighted by molar-refractivity contribution is -0.200. The number of hydroxylamine groups is 1. The fourth-order valence-electron chi connectivity index (χ4n) is 2.00. The zero-order valence-corrected chi connectivity index (χ0v) is 11.2. The van der Waals surface area contributed by atoms with Crippen LogP contribution in [0.15, 0.2) is 17.8 Å². The van der Waals surface area contributed by atoms with Gasteiger partial charge in [0.25, 0.3) is 0 Å². The van der Waals surface area contributed by atoms with Crippen LogP contribution >= 0.6 is 11.3 Å². The van der Waals surface area contributed by atoms with Crippen LogP contribution in [0.25, 0.3) is 4.96 Å². The zero-order valence-electron chi connectivity index (χ0n) is 10.4. The van der Waals surface area contributed by atoms with Gasteiger partial charge in [0.15, 0.2) is 11.3 Å². The third-order valence-electron chi connectivity index (χ3n) is 2.93. The quantitative estimate of drug-likeness (QED) is 0.863. The summed E-state index contributed by atoms with van der Waals surface area (Å²) >= 11 is 1.54. The van der Waals surface area contributed by atoms with Gasteiger partial charge in [0.2, 0.25) is 5.91 Å². The highest BCUT2D eigenvalue weighted by Crippen LogP contribution is 2.13. The number of hydrogen-bond acceptors (Lipinski definition) is 5. The molecule has 0 bridgehead atoms. The van der Waals surface area contributed by atoms with E-state index in [2.05, 4.69) is 10.5 Å². The van der Waals surface area contributed by atoms with Crippen molar-refractivity contribution in [2.45, 2.75) is 32.0 Å². The van der Waals surface area contributed by atoms with Gasteiger partial charge in [-0.3, -0.25) is 9.20 Å². The van der Waals surface area contributed by atoms with E-state index in [0.29, 0.717) is 6.61 Å². The minimum absolute atomic E-state index is 0.208. The Bertz CT molecular complexity index is 531. The van der Waals surface area contributed by atoms with Crippen LogP contribution in [0, 0.1) is 0 Å². The lowest BCUT2D eigenvalue weighted by Crippen LogP contribution is -2.33. The molecular formula is C12H15N3O3S. The third kappa shape index (κ3) is 3.12. The van der Waals surface area contributed by atoms with Crippen LogP contribution in [0.5, 0.6) is 0 Å². The fraction of sp³-hybridized carbons (Fsp3) is 0.500. The normalized spacial score (nSPS) is 19.7. The first kappa shape index (κ1) is 12.6. The molecule has 1 saturated heterocycles. The van der Waals surface area contributed by atoms with Crippen molar-refractivity contribution in [3.63, 3.8) is 0 Å². The summed E-state index contributed by atoms with van der Waals surface area (Å²) in [7, 11) is 0. The molecule has 2 aromatic heterocycles. The lowest BCUT2D eigenvalue weighted by atomic mass is 10.2. The highest BCUT2D eigenvalue weighted by atomic mass is 32.1. The fourth-order valence-corrected chi connectivity index (χ4v) is 2.72. The minimum atomic E-state index is -0.316. The van der Waals surface area contributed by atoms with Crippen LogP contribution in [0.1, 0.15) is 25.0 Å². The molecule has 102 valence electrons. The van der Waals surface area contributed by atoms with Crippen molar-refractivity contribution in [2.24, 2.45) is 0 Å². The highest BCUT2D eigenvalue weighted by molar-refractivity contribution is 7.15. The molecule has 0 aliphatic carbocycles. The number of nitrogens with one attached hydrogen (secondary N) is 1. The van der Waals surface area contributed by atoms with E-state index >= 15 is 0 Å². The highest BCUT2D eigenvalue weighted by Gasteiger charge is 2.16. The van der Waals surface area contributed by atoms with Gasteiger partial charge in [-0.15, -0.1) is 11.3 Å². The van der Waals surface area contributed by atoms with Gasteiger partial charge in [-0.25, -0.2) is 15.3 Å². The molecule has 3 heterocycles. The van der Waals surface area contributed by atoms with E-state index in [1.807, 2.05) is 22.2 Å². The number of imidazole rings is 1. The molecule has 0 radical (unpaired) electrons. The number of carbonyl (C=O) groups is 1. The average molecular weight is 281 g/mol. The van der Waals surface area contributed by atoms with Gasteiger partial charge in [-0.05, 0) is 12.8 Å². The second-order valence-electron chi connectivity index (χ2n) is 4.44. The van der Waals surface area contributed by atoms with Crippen LogP contribution in [0.4, 0.5) is 0 Å². The summed E-state index contributed by atoms with van der Waals surface area (Å²) in [5.41, 5.74) is 3.16. The Morgan fingerprint density at radius 1 is 1.63 bits per heavy atom. The maximum absolute atomic E-state index is 11.7. The van der Waals surface area contributed by atoms with Crippen LogP contribution in [0.2, 0.25) is 0 Å². The minimum Gasteiger partial charge on any atom is -0.350 e. The Hall–Kier alpha value is -1.44. The van der Waals surface area contributed by atoms with E-state index in [0.717, 1.165) is 29.9 Å². The number of aromatic nitrogens is 2. The number of thiazole rings is 1. The molecular weight excluding hydrogens is 266 g/mol. The van der Waals surface area contributed by atoms with Crippen LogP contribution in [-0.4, -0.2) is 28.2 Å². The number of nitrogens with zero attached hydrogens (tertiary/aromatic N) is 2. The molecule has 6 nitrogen and oxygen atoms in total. The molecule has 0 spiro atoms. The third-order valence-corrected chi connectivity index (χ3v) is 3.70. The number of rotatable bonds is 4. The first-order valence-electron chi connectivity index (χ1n) is 6.28. The summed E-state index contributed by atoms with van der Waals surface area (Å²) in [6.07, 6.45) is 6.60. The molecule has 2 aromatic rings. The van der Waals surface area contributed by atoms with Crippen molar-refractivity contribution >= 4 is 22.2 Å². The molecule has 1 fully saturated rings. The molecule has 1 atom stereocenters. The second-order valence-corrected chi connectivity index (χ2v) is 5.31. The van der Waals surface area contributed by atoms with Gasteiger partial charge in [-0.1, -0.05) is 0 Å². The summed E-state index contributed by atoms with van der Waals surface area (Å²) in [6.45, 7) is 0.692. The molecule has 0 aromatic carbocycles. The molecule has 1 N–H and O–H groups in total. The van der Waals surface area contributed by atoms with E-state index in [4.69, 9.17) is 9.57 Å². The van der Waals surface area contributed by atoms with Crippen molar-refractivity contribution in [3.8, 4) is 0 Å². The van der Waals surface area contributed by atoms with E-state index in [1.165, 1.54) is 0 Å². The second kappa shape index (κ2) is 5.68. The van der Waals surface area contributed by atoms with E-state index in [1.54, 1.807) is 11.3 Å². The van der Waals surface area contributed by atoms with Crippen molar-refractivity contribution < 1.29 is 14.4 Å². The number of amides is 1. The molecule has 1 aliphatic rings. The summed E-state index contributed by atoms with van der Waals surface area (Å²) in [5.74, 6) is -0.208. The van der Waals surface area contributed by atoms with Crippen LogP contribution < -0.4 is 5.48 Å². The molecule has 3 rings (SSSR count). The number of ether oxygens (including phenoxy) is 1. The standard InChI is InChI=1S/C12H15N3O3S/c16-10(14-18-11-3-1-2-5-17-11)7-9-8-15-4-6-19-12(15)13-9/h4,6,8,11H,1-3,5,7H2,(H,14,16)/t11-/m1/s1. The summed E-state index contributed by atoms with van der Waals surface area (Å²) in [5, 5.41) is 1.95. The first-order valence-corrected chi connectivity index (χ1v) is 7.16. The Morgan fingerprint density at radius 2 is 2.58 bits per heavy atom. The molecule has 1 amide bonds. The smallest absolute Gasteiger partial charge is 0.249 e. The SMILES string of the molecule is O=C(Cc1cn2ccsc2n1)NO[C@@H]1CCCCO1. The first-order chi connectivity index (χ1) is 9.31. The maximum atomic E-state index is 11.7. The van der Waals surface area contributed by atoms with Gasteiger partial charge < -0.3 is 4.74 Å². The Morgan fingerprint density at radius 3 is 3.37 bits per heavy atom. The van der Waals surface area contributed by atoms with E-state index in [-0.39, 0.29) is 18.6 Å². The van der Waals surface area contributed by atoms with Gasteiger partial charge in [-0.2, -0.15) is 0 Å².